The molecule has 1 aromatic heterocycles. The first-order valence-corrected chi connectivity index (χ1v) is 14.3. The number of rotatable bonds is 7. The van der Waals surface area contributed by atoms with Crippen molar-refractivity contribution in [2.24, 2.45) is 0 Å². The molecule has 0 atom stereocenters. The van der Waals surface area contributed by atoms with Gasteiger partial charge in [-0.1, -0.05) is 59.3 Å². The van der Waals surface area contributed by atoms with Crippen LogP contribution in [0.3, 0.4) is 0 Å². The molecule has 0 aliphatic carbocycles. The number of aryl methyl sites for hydroxylation is 1. The molecule has 41 heavy (non-hydrogen) atoms. The van der Waals surface area contributed by atoms with Gasteiger partial charge in [0, 0.05) is 54.9 Å². The zero-order valence-electron chi connectivity index (χ0n) is 22.2. The number of piperazine rings is 1. The van der Waals surface area contributed by atoms with Gasteiger partial charge in [-0.15, -0.1) is 0 Å². The van der Waals surface area contributed by atoms with Crippen LogP contribution in [-0.2, 0) is 11.9 Å². The molecule has 0 bridgehead atoms. The van der Waals surface area contributed by atoms with E-state index < -0.39 is 11.7 Å². The van der Waals surface area contributed by atoms with Crippen molar-refractivity contribution in [3.05, 3.63) is 106 Å². The highest BCUT2D eigenvalue weighted by molar-refractivity contribution is 7.98. The van der Waals surface area contributed by atoms with E-state index in [0.717, 1.165) is 22.9 Å². The van der Waals surface area contributed by atoms with Crippen LogP contribution in [0.25, 0.3) is 0 Å². The minimum Gasteiger partial charge on any atom is -0.368 e. The number of carbonyl (C=O) groups excluding carboxylic acids is 1. The number of hydrogen-bond acceptors (Lipinski definition) is 6. The first kappa shape index (κ1) is 28.8. The molecule has 1 amide bonds. The average molecular weight is 598 g/mol. The molecule has 5 rings (SSSR count). The summed E-state index contributed by atoms with van der Waals surface area (Å²) in [5.41, 5.74) is 3.33. The summed E-state index contributed by atoms with van der Waals surface area (Å²) in [6, 6.07) is 22.1. The van der Waals surface area contributed by atoms with Crippen molar-refractivity contribution >= 4 is 46.5 Å². The number of aromatic nitrogens is 2. The first-order valence-electron chi connectivity index (χ1n) is 13.0. The van der Waals surface area contributed by atoms with Crippen LogP contribution in [-0.4, -0.2) is 42.1 Å². The van der Waals surface area contributed by atoms with Gasteiger partial charge in [-0.2, -0.15) is 13.2 Å². The quantitative estimate of drug-likeness (QED) is 0.137. The van der Waals surface area contributed by atoms with Crippen LogP contribution in [0.5, 0.6) is 0 Å². The molecule has 1 saturated heterocycles. The van der Waals surface area contributed by atoms with Crippen LogP contribution >= 0.6 is 23.4 Å². The van der Waals surface area contributed by atoms with Crippen molar-refractivity contribution in [2.75, 3.05) is 41.3 Å². The van der Waals surface area contributed by atoms with E-state index in [0.29, 0.717) is 59.3 Å². The molecular formula is C30H27ClF3N5OS. The predicted octanol–water partition coefficient (Wildman–Crippen LogP) is 7.33. The molecular weight excluding hydrogens is 571 g/mol. The Morgan fingerprint density at radius 3 is 2.29 bits per heavy atom. The van der Waals surface area contributed by atoms with Crippen molar-refractivity contribution in [1.29, 1.82) is 0 Å². The molecule has 212 valence electrons. The summed E-state index contributed by atoms with van der Waals surface area (Å²) >= 11 is 7.75. The van der Waals surface area contributed by atoms with E-state index in [4.69, 9.17) is 11.6 Å². The van der Waals surface area contributed by atoms with Gasteiger partial charge < -0.3 is 15.1 Å². The Morgan fingerprint density at radius 2 is 1.61 bits per heavy atom. The normalized spacial score (nSPS) is 13.8. The minimum atomic E-state index is -4.37. The Bertz CT molecular complexity index is 1510. The number of nitrogens with zero attached hydrogens (tertiary/aromatic N) is 4. The summed E-state index contributed by atoms with van der Waals surface area (Å²) in [4.78, 5) is 25.6. The van der Waals surface area contributed by atoms with E-state index in [1.165, 1.54) is 23.9 Å². The molecule has 1 N–H and O–H groups in total. The van der Waals surface area contributed by atoms with Crippen LogP contribution in [0.2, 0.25) is 5.15 Å². The van der Waals surface area contributed by atoms with Gasteiger partial charge in [0.25, 0.3) is 5.91 Å². The Kier molecular flexibility index (Phi) is 8.70. The van der Waals surface area contributed by atoms with Crippen LogP contribution in [0.4, 0.5) is 30.4 Å². The monoisotopic (exact) mass is 597 g/mol. The predicted molar refractivity (Wildman–Crippen MR) is 158 cm³/mol. The SMILES string of the molecule is Cc1ccc(NC(=O)c2ccc(CSc3nc(Cl)cc(N4CCN(c5cccc(C(F)(F)F)c5)CC4)n3)cc2)cc1. The van der Waals surface area contributed by atoms with Crippen LogP contribution in [0.1, 0.15) is 27.0 Å². The highest BCUT2D eigenvalue weighted by Crippen LogP contribution is 2.32. The van der Waals surface area contributed by atoms with Gasteiger partial charge in [-0.25, -0.2) is 9.97 Å². The molecule has 0 saturated carbocycles. The van der Waals surface area contributed by atoms with Crippen LogP contribution in [0, 0.1) is 6.92 Å². The maximum Gasteiger partial charge on any atom is 0.416 e. The van der Waals surface area contributed by atoms with Gasteiger partial charge in [0.15, 0.2) is 5.16 Å². The third kappa shape index (κ3) is 7.51. The fraction of sp³-hybridized carbons (Fsp3) is 0.233. The molecule has 0 radical (unpaired) electrons. The minimum absolute atomic E-state index is 0.177. The van der Waals surface area contributed by atoms with Gasteiger partial charge in [-0.3, -0.25) is 4.79 Å². The van der Waals surface area contributed by atoms with Crippen molar-refractivity contribution in [3.63, 3.8) is 0 Å². The molecule has 3 aromatic carbocycles. The second kappa shape index (κ2) is 12.4. The number of halogens is 4. The molecule has 1 fully saturated rings. The van der Waals surface area contributed by atoms with Gasteiger partial charge in [0.05, 0.1) is 5.56 Å². The highest BCUT2D eigenvalue weighted by Gasteiger charge is 2.31. The summed E-state index contributed by atoms with van der Waals surface area (Å²) in [5.74, 6) is 1.09. The largest absolute Gasteiger partial charge is 0.416 e. The Morgan fingerprint density at radius 1 is 0.927 bits per heavy atom. The maximum absolute atomic E-state index is 13.1. The lowest BCUT2D eigenvalue weighted by Crippen LogP contribution is -2.47. The summed E-state index contributed by atoms with van der Waals surface area (Å²) < 4.78 is 39.4. The van der Waals surface area contributed by atoms with E-state index in [2.05, 4.69) is 20.2 Å². The standard InChI is InChI=1S/C30H27ClF3N5OS/c1-20-5-11-24(12-6-20)35-28(40)22-9-7-21(8-10-22)19-41-29-36-26(31)18-27(37-29)39-15-13-38(14-16-39)25-4-2-3-23(17-25)30(32,33)34/h2-12,17-18H,13-16,19H2,1H3,(H,35,40). The van der Waals surface area contributed by atoms with Gasteiger partial charge in [0.1, 0.15) is 11.0 Å². The molecule has 0 unspecified atom stereocenters. The zero-order chi connectivity index (χ0) is 29.0. The molecule has 1 aliphatic rings. The second-order valence-corrected chi connectivity index (χ2v) is 11.0. The smallest absolute Gasteiger partial charge is 0.368 e. The Labute approximate surface area is 245 Å². The molecule has 2 heterocycles. The number of thioether (sulfide) groups is 1. The van der Waals surface area contributed by atoms with E-state index in [9.17, 15) is 18.0 Å². The Hall–Kier alpha value is -3.76. The van der Waals surface area contributed by atoms with Crippen molar-refractivity contribution in [2.45, 2.75) is 24.0 Å². The lowest BCUT2D eigenvalue weighted by Gasteiger charge is -2.37. The third-order valence-electron chi connectivity index (χ3n) is 6.70. The van der Waals surface area contributed by atoms with E-state index >= 15 is 0 Å². The fourth-order valence-corrected chi connectivity index (χ4v) is 5.46. The second-order valence-electron chi connectivity index (χ2n) is 9.66. The van der Waals surface area contributed by atoms with E-state index in [1.54, 1.807) is 24.3 Å². The molecule has 0 spiro atoms. The van der Waals surface area contributed by atoms with Gasteiger partial charge >= 0.3 is 6.18 Å². The Balaban J connectivity index is 1.17. The first-order chi connectivity index (χ1) is 19.6. The number of hydrogen-bond donors (Lipinski definition) is 1. The van der Waals surface area contributed by atoms with Crippen molar-refractivity contribution < 1.29 is 18.0 Å². The third-order valence-corrected chi connectivity index (χ3v) is 7.81. The van der Waals surface area contributed by atoms with Crippen LogP contribution < -0.4 is 15.1 Å². The number of benzene rings is 3. The van der Waals surface area contributed by atoms with E-state index in [1.807, 2.05) is 48.2 Å². The summed E-state index contributed by atoms with van der Waals surface area (Å²) in [5, 5.41) is 3.74. The number of anilines is 3. The lowest BCUT2D eigenvalue weighted by atomic mass is 10.1. The van der Waals surface area contributed by atoms with Crippen molar-refractivity contribution in [3.8, 4) is 0 Å². The van der Waals surface area contributed by atoms with Crippen LogP contribution in [0.15, 0.2) is 84.0 Å². The molecule has 4 aromatic rings. The summed E-state index contributed by atoms with van der Waals surface area (Å²) in [6.45, 7) is 4.26. The summed E-state index contributed by atoms with van der Waals surface area (Å²) in [6.07, 6.45) is -4.37. The molecule has 1 aliphatic heterocycles. The molecule has 6 nitrogen and oxygen atoms in total. The topological polar surface area (TPSA) is 61.4 Å². The number of carbonyl (C=O) groups is 1. The van der Waals surface area contributed by atoms with Gasteiger partial charge in [0.2, 0.25) is 0 Å². The number of amides is 1. The average Bonchev–Trinajstić information content (AvgIpc) is 2.97. The van der Waals surface area contributed by atoms with Gasteiger partial charge in [-0.05, 0) is 55.0 Å². The summed E-state index contributed by atoms with van der Waals surface area (Å²) in [7, 11) is 0. The lowest BCUT2D eigenvalue weighted by molar-refractivity contribution is -0.137. The number of nitrogens with one attached hydrogen (secondary N) is 1. The van der Waals surface area contributed by atoms with Crippen molar-refractivity contribution in [1.82, 2.24) is 9.97 Å². The molecule has 11 heteroatoms. The zero-order valence-corrected chi connectivity index (χ0v) is 23.7. The maximum atomic E-state index is 13.1. The highest BCUT2D eigenvalue weighted by atomic mass is 35.5. The van der Waals surface area contributed by atoms with E-state index in [-0.39, 0.29) is 5.91 Å². The fourth-order valence-electron chi connectivity index (χ4n) is 4.43. The number of alkyl halides is 3.